The molecule has 0 fully saturated rings. The summed E-state index contributed by atoms with van der Waals surface area (Å²) in [6.07, 6.45) is 0. The van der Waals surface area contributed by atoms with Crippen molar-refractivity contribution in [3.8, 4) is 10.6 Å². The fraction of sp³-hybridized carbons (Fsp3) is 0.385. The number of aromatic nitrogens is 1. The van der Waals surface area contributed by atoms with Crippen molar-refractivity contribution in [2.75, 3.05) is 0 Å². The van der Waals surface area contributed by atoms with Crippen LogP contribution in [-0.4, -0.2) is 22.0 Å². The highest BCUT2D eigenvalue weighted by Crippen LogP contribution is 2.25. The molecule has 0 aromatic carbocycles. The van der Waals surface area contributed by atoms with Gasteiger partial charge in [0.05, 0.1) is 11.4 Å². The molecule has 0 N–H and O–H groups in total. The molecule has 5 heteroatoms. The van der Waals surface area contributed by atoms with Gasteiger partial charge in [0.1, 0.15) is 5.69 Å². The molecular formula is C13H16N2O2S. The zero-order chi connectivity index (χ0) is 13.1. The summed E-state index contributed by atoms with van der Waals surface area (Å²) in [6.45, 7) is 6.03. The number of amides is 1. The molecule has 2 aromatic heterocycles. The quantitative estimate of drug-likeness (QED) is 0.852. The zero-order valence-electron chi connectivity index (χ0n) is 10.7. The van der Waals surface area contributed by atoms with E-state index < -0.39 is 0 Å². The van der Waals surface area contributed by atoms with Gasteiger partial charge in [0.15, 0.2) is 5.76 Å². The first-order chi connectivity index (χ1) is 8.58. The van der Waals surface area contributed by atoms with Crippen molar-refractivity contribution >= 4 is 17.2 Å². The van der Waals surface area contributed by atoms with Crippen LogP contribution in [0.15, 0.2) is 28.1 Å². The minimum absolute atomic E-state index is 0.0469. The lowest BCUT2D eigenvalue weighted by atomic mass is 10.2. The summed E-state index contributed by atoms with van der Waals surface area (Å²) in [7, 11) is 0. The van der Waals surface area contributed by atoms with Crippen LogP contribution in [0.3, 0.4) is 0 Å². The second-order valence-electron chi connectivity index (χ2n) is 4.40. The zero-order valence-corrected chi connectivity index (χ0v) is 11.5. The van der Waals surface area contributed by atoms with Crippen LogP contribution in [0.1, 0.15) is 26.5 Å². The van der Waals surface area contributed by atoms with E-state index in [2.05, 4.69) is 5.16 Å². The Morgan fingerprint density at radius 1 is 1.56 bits per heavy atom. The van der Waals surface area contributed by atoms with Crippen LogP contribution < -0.4 is 0 Å². The van der Waals surface area contributed by atoms with Gasteiger partial charge in [-0.15, -0.1) is 11.3 Å². The van der Waals surface area contributed by atoms with Gasteiger partial charge in [-0.2, -0.15) is 0 Å². The third-order valence-electron chi connectivity index (χ3n) is 2.68. The number of carbonyl (C=O) groups excluding carboxylic acids is 1. The maximum absolute atomic E-state index is 11.5. The van der Waals surface area contributed by atoms with E-state index in [1.165, 1.54) is 0 Å². The molecule has 0 atom stereocenters. The van der Waals surface area contributed by atoms with Crippen molar-refractivity contribution in [2.45, 2.75) is 33.4 Å². The Bertz CT molecular complexity index is 517. The van der Waals surface area contributed by atoms with Gasteiger partial charge in [0.2, 0.25) is 5.91 Å². The molecule has 0 aliphatic carbocycles. The molecule has 0 aliphatic heterocycles. The fourth-order valence-electron chi connectivity index (χ4n) is 1.75. The standard InChI is InChI=1S/C13H16N2O2S/c1-9(2)15(10(3)16)8-11-7-12(17-14-11)13-5-4-6-18-13/h4-7,9H,8H2,1-3H3. The maximum atomic E-state index is 11.5. The van der Waals surface area contributed by atoms with Crippen molar-refractivity contribution < 1.29 is 9.32 Å². The highest BCUT2D eigenvalue weighted by atomic mass is 32.1. The Hall–Kier alpha value is -1.62. The second kappa shape index (κ2) is 5.35. The van der Waals surface area contributed by atoms with E-state index in [1.807, 2.05) is 37.4 Å². The molecule has 18 heavy (non-hydrogen) atoms. The van der Waals surface area contributed by atoms with Gasteiger partial charge in [0, 0.05) is 19.0 Å². The largest absolute Gasteiger partial charge is 0.355 e. The number of rotatable bonds is 4. The monoisotopic (exact) mass is 264 g/mol. The van der Waals surface area contributed by atoms with Crippen LogP contribution >= 0.6 is 11.3 Å². The molecule has 0 radical (unpaired) electrons. The average molecular weight is 264 g/mol. The molecule has 2 rings (SSSR count). The maximum Gasteiger partial charge on any atom is 0.220 e. The topological polar surface area (TPSA) is 46.3 Å². The van der Waals surface area contributed by atoms with Gasteiger partial charge < -0.3 is 9.42 Å². The predicted octanol–water partition coefficient (Wildman–Crippen LogP) is 3.16. The number of carbonyl (C=O) groups is 1. The van der Waals surface area contributed by atoms with Crippen molar-refractivity contribution in [1.82, 2.24) is 10.1 Å². The van der Waals surface area contributed by atoms with Gasteiger partial charge in [-0.3, -0.25) is 4.79 Å². The first kappa shape index (κ1) is 12.8. The Balaban J connectivity index is 2.13. The molecule has 1 amide bonds. The molecule has 2 aromatic rings. The average Bonchev–Trinajstić information content (AvgIpc) is 2.95. The van der Waals surface area contributed by atoms with E-state index in [9.17, 15) is 4.79 Å². The summed E-state index contributed by atoms with van der Waals surface area (Å²) < 4.78 is 5.29. The highest BCUT2D eigenvalue weighted by molar-refractivity contribution is 7.13. The third-order valence-corrected chi connectivity index (χ3v) is 3.57. The first-order valence-electron chi connectivity index (χ1n) is 5.84. The van der Waals surface area contributed by atoms with E-state index in [0.717, 1.165) is 16.3 Å². The van der Waals surface area contributed by atoms with Crippen LogP contribution in [0.5, 0.6) is 0 Å². The fourth-order valence-corrected chi connectivity index (χ4v) is 2.43. The molecule has 0 spiro atoms. The van der Waals surface area contributed by atoms with Crippen molar-refractivity contribution in [1.29, 1.82) is 0 Å². The number of thiophene rings is 1. The van der Waals surface area contributed by atoms with Gasteiger partial charge in [-0.05, 0) is 25.3 Å². The Labute approximate surface area is 110 Å². The molecule has 0 saturated carbocycles. The number of hydrogen-bond acceptors (Lipinski definition) is 4. The SMILES string of the molecule is CC(=O)N(Cc1cc(-c2cccs2)on1)C(C)C. The summed E-state index contributed by atoms with van der Waals surface area (Å²) in [5.74, 6) is 0.804. The van der Waals surface area contributed by atoms with Crippen LogP contribution in [0, 0.1) is 0 Å². The lowest BCUT2D eigenvalue weighted by Gasteiger charge is -2.23. The molecular weight excluding hydrogens is 248 g/mol. The van der Waals surface area contributed by atoms with E-state index in [1.54, 1.807) is 23.2 Å². The number of hydrogen-bond donors (Lipinski definition) is 0. The Morgan fingerprint density at radius 2 is 2.33 bits per heavy atom. The lowest BCUT2D eigenvalue weighted by molar-refractivity contribution is -0.131. The Kier molecular flexibility index (Phi) is 3.81. The third kappa shape index (κ3) is 2.79. The van der Waals surface area contributed by atoms with Crippen molar-refractivity contribution in [2.24, 2.45) is 0 Å². The van der Waals surface area contributed by atoms with Crippen LogP contribution in [-0.2, 0) is 11.3 Å². The molecule has 4 nitrogen and oxygen atoms in total. The lowest BCUT2D eigenvalue weighted by Crippen LogP contribution is -2.34. The summed E-state index contributed by atoms with van der Waals surface area (Å²) in [6, 6.07) is 6.01. The van der Waals surface area contributed by atoms with Crippen LogP contribution in [0.25, 0.3) is 10.6 Å². The minimum atomic E-state index is 0.0469. The summed E-state index contributed by atoms with van der Waals surface area (Å²) in [5, 5.41) is 6.01. The minimum Gasteiger partial charge on any atom is -0.355 e. The molecule has 0 saturated heterocycles. The summed E-state index contributed by atoms with van der Waals surface area (Å²) in [4.78, 5) is 14.3. The normalized spacial score (nSPS) is 10.9. The van der Waals surface area contributed by atoms with E-state index in [4.69, 9.17) is 4.52 Å². The Morgan fingerprint density at radius 3 is 2.89 bits per heavy atom. The van der Waals surface area contributed by atoms with Gasteiger partial charge in [-0.1, -0.05) is 11.2 Å². The summed E-state index contributed by atoms with van der Waals surface area (Å²) >= 11 is 1.61. The smallest absolute Gasteiger partial charge is 0.220 e. The van der Waals surface area contributed by atoms with Gasteiger partial charge in [0.25, 0.3) is 0 Å². The van der Waals surface area contributed by atoms with E-state index in [0.29, 0.717) is 6.54 Å². The van der Waals surface area contributed by atoms with Gasteiger partial charge >= 0.3 is 0 Å². The second-order valence-corrected chi connectivity index (χ2v) is 5.35. The van der Waals surface area contributed by atoms with Crippen LogP contribution in [0.2, 0.25) is 0 Å². The first-order valence-corrected chi connectivity index (χ1v) is 6.72. The van der Waals surface area contributed by atoms with E-state index >= 15 is 0 Å². The number of nitrogens with zero attached hydrogens (tertiary/aromatic N) is 2. The van der Waals surface area contributed by atoms with Gasteiger partial charge in [-0.25, -0.2) is 0 Å². The molecule has 0 unspecified atom stereocenters. The van der Waals surface area contributed by atoms with Crippen molar-refractivity contribution in [3.63, 3.8) is 0 Å². The van der Waals surface area contributed by atoms with Crippen molar-refractivity contribution in [3.05, 3.63) is 29.3 Å². The highest BCUT2D eigenvalue weighted by Gasteiger charge is 2.16. The molecule has 0 bridgehead atoms. The van der Waals surface area contributed by atoms with Crippen LogP contribution in [0.4, 0.5) is 0 Å². The van der Waals surface area contributed by atoms with E-state index in [-0.39, 0.29) is 11.9 Å². The predicted molar refractivity (Wildman–Crippen MR) is 71.2 cm³/mol. The molecule has 96 valence electrons. The molecule has 2 heterocycles. The summed E-state index contributed by atoms with van der Waals surface area (Å²) in [5.41, 5.74) is 0.780. The molecule has 0 aliphatic rings.